The lowest BCUT2D eigenvalue weighted by Crippen LogP contribution is -1.97. The molecular formula is C51H33N3S. The van der Waals surface area contributed by atoms with Gasteiger partial charge in [0.2, 0.25) is 0 Å². The molecule has 0 bridgehead atoms. The van der Waals surface area contributed by atoms with Crippen LogP contribution in [0.3, 0.4) is 0 Å². The van der Waals surface area contributed by atoms with Crippen LogP contribution in [0.2, 0.25) is 0 Å². The average Bonchev–Trinajstić information content (AvgIpc) is 3.65. The van der Waals surface area contributed by atoms with E-state index >= 15 is 0 Å². The second-order valence-electron chi connectivity index (χ2n) is 13.7. The van der Waals surface area contributed by atoms with Gasteiger partial charge in [-0.3, -0.25) is 4.98 Å². The van der Waals surface area contributed by atoms with Crippen LogP contribution in [0.15, 0.2) is 200 Å². The van der Waals surface area contributed by atoms with Crippen molar-refractivity contribution in [3.05, 3.63) is 200 Å². The molecule has 3 nitrogen and oxygen atoms in total. The molecule has 4 heteroatoms. The van der Waals surface area contributed by atoms with Gasteiger partial charge in [0, 0.05) is 48.6 Å². The second-order valence-corrected chi connectivity index (χ2v) is 14.8. The van der Waals surface area contributed by atoms with Crippen molar-refractivity contribution in [2.75, 3.05) is 0 Å². The van der Waals surface area contributed by atoms with Crippen LogP contribution >= 0.6 is 11.3 Å². The van der Waals surface area contributed by atoms with Crippen LogP contribution in [0.5, 0.6) is 0 Å². The summed E-state index contributed by atoms with van der Waals surface area (Å²) in [6.07, 6.45) is 1.83. The van der Waals surface area contributed by atoms with Crippen LogP contribution in [0, 0.1) is 0 Å². The summed E-state index contributed by atoms with van der Waals surface area (Å²) >= 11 is 1.84. The van der Waals surface area contributed by atoms with Gasteiger partial charge in [-0.1, -0.05) is 127 Å². The molecule has 0 aliphatic heterocycles. The van der Waals surface area contributed by atoms with Gasteiger partial charge >= 0.3 is 0 Å². The Morgan fingerprint density at radius 3 is 1.56 bits per heavy atom. The van der Waals surface area contributed by atoms with Crippen molar-refractivity contribution in [2.24, 2.45) is 0 Å². The van der Waals surface area contributed by atoms with E-state index < -0.39 is 0 Å². The highest BCUT2D eigenvalue weighted by molar-refractivity contribution is 7.25. The Morgan fingerprint density at radius 1 is 0.291 bits per heavy atom. The SMILES string of the molecule is c1ccc(-c2cccc(-c3cc(-c4ccc5sc6ccccc6c5c4)cc(-c4cc(-c5cccc(-c6ccccn6)c5)nc(-c5ccccc5)n4)c3)c2)cc1. The molecule has 0 atom stereocenters. The molecule has 0 fully saturated rings. The molecule has 3 aromatic heterocycles. The molecule has 0 N–H and O–H groups in total. The van der Waals surface area contributed by atoms with E-state index in [9.17, 15) is 0 Å². The van der Waals surface area contributed by atoms with Crippen molar-refractivity contribution >= 4 is 31.5 Å². The maximum Gasteiger partial charge on any atom is 0.160 e. The zero-order valence-electron chi connectivity index (χ0n) is 29.8. The van der Waals surface area contributed by atoms with Gasteiger partial charge in [-0.25, -0.2) is 9.97 Å². The summed E-state index contributed by atoms with van der Waals surface area (Å²) < 4.78 is 2.59. The Labute approximate surface area is 323 Å². The molecule has 3 heterocycles. The summed E-state index contributed by atoms with van der Waals surface area (Å²) in [6, 6.07) is 68.7. The highest BCUT2D eigenvalue weighted by atomic mass is 32.1. The lowest BCUT2D eigenvalue weighted by atomic mass is 9.92. The van der Waals surface area contributed by atoms with Crippen molar-refractivity contribution < 1.29 is 0 Å². The molecule has 0 radical (unpaired) electrons. The highest BCUT2D eigenvalue weighted by Gasteiger charge is 2.16. The topological polar surface area (TPSA) is 38.7 Å². The van der Waals surface area contributed by atoms with E-state index in [1.165, 1.54) is 36.9 Å². The number of fused-ring (bicyclic) bond motifs is 3. The smallest absolute Gasteiger partial charge is 0.160 e. The van der Waals surface area contributed by atoms with Gasteiger partial charge < -0.3 is 0 Å². The molecule has 0 unspecified atom stereocenters. The van der Waals surface area contributed by atoms with Gasteiger partial charge in [-0.2, -0.15) is 0 Å². The van der Waals surface area contributed by atoms with Crippen LogP contribution in [-0.2, 0) is 0 Å². The number of nitrogens with zero attached hydrogens (tertiary/aromatic N) is 3. The monoisotopic (exact) mass is 719 g/mol. The largest absolute Gasteiger partial charge is 0.256 e. The quantitative estimate of drug-likeness (QED) is 0.165. The van der Waals surface area contributed by atoms with E-state index in [0.717, 1.165) is 56.0 Å². The number of pyridine rings is 1. The number of hydrogen-bond acceptors (Lipinski definition) is 4. The first kappa shape index (κ1) is 32.6. The molecule has 0 spiro atoms. The minimum absolute atomic E-state index is 0.681. The molecule has 55 heavy (non-hydrogen) atoms. The van der Waals surface area contributed by atoms with Crippen molar-refractivity contribution in [3.8, 4) is 78.5 Å². The lowest BCUT2D eigenvalue weighted by molar-refractivity contribution is 1.18. The molecule has 258 valence electrons. The number of hydrogen-bond donors (Lipinski definition) is 0. The van der Waals surface area contributed by atoms with Crippen LogP contribution in [0.1, 0.15) is 0 Å². The summed E-state index contributed by atoms with van der Waals surface area (Å²) in [5, 5.41) is 2.57. The van der Waals surface area contributed by atoms with Crippen LogP contribution < -0.4 is 0 Å². The first-order chi connectivity index (χ1) is 27.2. The summed E-state index contributed by atoms with van der Waals surface area (Å²) in [6.45, 7) is 0. The predicted molar refractivity (Wildman–Crippen MR) is 231 cm³/mol. The standard InChI is InChI=1S/C51H33N3S/c1-3-13-34(14-4-1)36-17-11-18-37(27-36)41-29-42(38-24-25-50-45(32-38)44-21-7-8-23-49(44)55-50)31-43(30-41)48-33-47(53-51(54-48)35-15-5-2-6-16-35)40-20-12-19-39(28-40)46-22-9-10-26-52-46/h1-33H. The summed E-state index contributed by atoms with van der Waals surface area (Å²) in [7, 11) is 0. The number of rotatable bonds is 7. The highest BCUT2D eigenvalue weighted by Crippen LogP contribution is 2.40. The Hall–Kier alpha value is -7.01. The van der Waals surface area contributed by atoms with Crippen LogP contribution in [0.25, 0.3) is 98.7 Å². The van der Waals surface area contributed by atoms with Crippen molar-refractivity contribution in [1.82, 2.24) is 15.0 Å². The Bertz CT molecular complexity index is 2970. The van der Waals surface area contributed by atoms with E-state index in [2.05, 4.69) is 163 Å². The Balaban J connectivity index is 1.18. The van der Waals surface area contributed by atoms with Gasteiger partial charge in [-0.05, 0) is 100 Å². The maximum absolute atomic E-state index is 5.28. The summed E-state index contributed by atoms with van der Waals surface area (Å²) in [5.74, 6) is 0.681. The predicted octanol–water partition coefficient (Wildman–Crippen LogP) is 13.9. The van der Waals surface area contributed by atoms with Gasteiger partial charge in [0.25, 0.3) is 0 Å². The fourth-order valence-electron chi connectivity index (χ4n) is 7.35. The first-order valence-electron chi connectivity index (χ1n) is 18.4. The summed E-state index contributed by atoms with van der Waals surface area (Å²) in [4.78, 5) is 15.1. The molecule has 0 saturated heterocycles. The molecule has 7 aromatic carbocycles. The molecule has 0 saturated carbocycles. The zero-order chi connectivity index (χ0) is 36.6. The van der Waals surface area contributed by atoms with Crippen LogP contribution in [0.4, 0.5) is 0 Å². The van der Waals surface area contributed by atoms with Crippen LogP contribution in [-0.4, -0.2) is 15.0 Å². The molecule has 0 aliphatic rings. The molecule has 0 amide bonds. The van der Waals surface area contributed by atoms with E-state index in [0.29, 0.717) is 5.82 Å². The molecule has 10 aromatic rings. The van der Waals surface area contributed by atoms with E-state index in [-0.39, 0.29) is 0 Å². The minimum Gasteiger partial charge on any atom is -0.256 e. The Kier molecular flexibility index (Phi) is 8.36. The third-order valence-electron chi connectivity index (χ3n) is 10.1. The van der Waals surface area contributed by atoms with Gasteiger partial charge in [-0.15, -0.1) is 11.3 Å². The van der Waals surface area contributed by atoms with E-state index in [4.69, 9.17) is 9.97 Å². The average molecular weight is 720 g/mol. The molecule has 10 rings (SSSR count). The van der Waals surface area contributed by atoms with Gasteiger partial charge in [0.15, 0.2) is 5.82 Å². The van der Waals surface area contributed by atoms with Crippen molar-refractivity contribution in [3.63, 3.8) is 0 Å². The molecular weight excluding hydrogens is 687 g/mol. The third kappa shape index (κ3) is 6.50. The molecule has 0 aliphatic carbocycles. The van der Waals surface area contributed by atoms with E-state index in [1.54, 1.807) is 0 Å². The zero-order valence-corrected chi connectivity index (χ0v) is 30.6. The van der Waals surface area contributed by atoms with Crippen molar-refractivity contribution in [2.45, 2.75) is 0 Å². The number of aromatic nitrogens is 3. The Morgan fingerprint density at radius 2 is 0.818 bits per heavy atom. The lowest BCUT2D eigenvalue weighted by Gasteiger charge is -2.14. The first-order valence-corrected chi connectivity index (χ1v) is 19.2. The van der Waals surface area contributed by atoms with Crippen molar-refractivity contribution in [1.29, 1.82) is 0 Å². The summed E-state index contributed by atoms with van der Waals surface area (Å²) in [5.41, 5.74) is 13.6. The van der Waals surface area contributed by atoms with E-state index in [1.807, 2.05) is 53.9 Å². The third-order valence-corrected chi connectivity index (χ3v) is 11.3. The number of benzene rings is 7. The fourth-order valence-corrected chi connectivity index (χ4v) is 8.44. The normalized spacial score (nSPS) is 11.3. The minimum atomic E-state index is 0.681. The van der Waals surface area contributed by atoms with Gasteiger partial charge in [0.05, 0.1) is 17.1 Å². The second kappa shape index (κ2) is 14.1. The fraction of sp³-hybridized carbons (Fsp3) is 0. The van der Waals surface area contributed by atoms with Gasteiger partial charge in [0.1, 0.15) is 0 Å². The number of thiophene rings is 1. The maximum atomic E-state index is 5.28.